The first kappa shape index (κ1) is 97.8. The van der Waals surface area contributed by atoms with Crippen LogP contribution in [0.2, 0.25) is 0 Å². The van der Waals surface area contributed by atoms with Crippen LogP contribution in [-0.4, -0.2) is 212 Å². The second kappa shape index (κ2) is 41.2. The number of rotatable bonds is 12. The van der Waals surface area contributed by atoms with Crippen LogP contribution in [0, 0.1) is 17.5 Å². The summed E-state index contributed by atoms with van der Waals surface area (Å²) in [7, 11) is -4.87. The molecule has 5 aromatic rings. The molecule has 0 aliphatic carbocycles. The van der Waals surface area contributed by atoms with Crippen LogP contribution in [-0.2, 0) is 106 Å². The maximum absolute atomic E-state index is 15.2. The molecule has 3 unspecified atom stereocenters. The third-order valence-electron chi connectivity index (χ3n) is 22.3. The summed E-state index contributed by atoms with van der Waals surface area (Å²) in [6, 6.07) is 15.0. The summed E-state index contributed by atoms with van der Waals surface area (Å²) in [6.45, 7) is 36.5. The molecule has 0 saturated carbocycles. The van der Waals surface area contributed by atoms with Gasteiger partial charge in [-0.05, 0) is 162 Å². The fourth-order valence-electron chi connectivity index (χ4n) is 13.7. The van der Waals surface area contributed by atoms with Gasteiger partial charge in [-0.2, -0.15) is 18.6 Å². The van der Waals surface area contributed by atoms with Crippen molar-refractivity contribution in [3.8, 4) is 0 Å². The van der Waals surface area contributed by atoms with Gasteiger partial charge in [-0.15, -0.1) is 0 Å². The molecule has 10 aliphatic heterocycles. The average Bonchev–Trinajstić information content (AvgIpc) is 1.59. The molecule has 15 rings (SSSR count). The van der Waals surface area contributed by atoms with Gasteiger partial charge < -0.3 is 84.4 Å². The van der Waals surface area contributed by atoms with E-state index in [0.717, 1.165) is 73.2 Å². The van der Waals surface area contributed by atoms with E-state index in [1.165, 1.54) is 23.8 Å². The molecule has 6 fully saturated rings. The summed E-state index contributed by atoms with van der Waals surface area (Å²) in [6.07, 6.45) is 5.56. The topological polar surface area (TPSA) is 321 Å². The minimum absolute atomic E-state index is 0. The Morgan fingerprint density at radius 3 is 1.33 bits per heavy atom. The number of carbonyl (C=O) groups is 4. The van der Waals surface area contributed by atoms with E-state index in [0.29, 0.717) is 134 Å². The first-order chi connectivity index (χ1) is 53.0. The van der Waals surface area contributed by atoms with Crippen molar-refractivity contribution in [2.24, 2.45) is 4.99 Å². The molecule has 3 aromatic carbocycles. The van der Waals surface area contributed by atoms with Gasteiger partial charge in [0.2, 0.25) is 17.7 Å². The number of halogens is 5. The number of benzene rings is 3. The van der Waals surface area contributed by atoms with Crippen molar-refractivity contribution in [1.29, 1.82) is 0 Å². The molecule has 0 bridgehead atoms. The number of hydrogen-bond donors (Lipinski definition) is 3. The SMILES string of the molecule is CC(=O)N1CCC2=C(C1)C(Nc1ccc(Br)cc1F)=NC2.CC(=O)N1CCc2c(c(Nc3ccc(B4OC(C)(C)C(C)(C)O4)cc3F)nn2C2CCOC2)C1.CC(=O)N1CCc2c(c(Nc3ccc(Br)cc3F)nn2C2CCOC2)C1.CC1(C)OB(B2OC(C)(C)C(C)(C)O2)OC1(C)C.CS(=O)(=O)OC1CCOC1.O=CO[O-].[Cs+].[Cs+].[H-]. The number of carbonyl (C=O) groups excluding carboxylic acids is 4. The van der Waals surface area contributed by atoms with E-state index in [1.807, 2.05) is 98.5 Å². The second-order valence-corrected chi connectivity index (χ2v) is 35.4. The fourth-order valence-corrected chi connectivity index (χ4v) is 15.0. The number of fused-ring (bicyclic) bond motifs is 2. The van der Waals surface area contributed by atoms with Crippen molar-refractivity contribution in [2.45, 2.75) is 207 Å². The van der Waals surface area contributed by atoms with E-state index < -0.39 is 48.3 Å². The summed E-state index contributed by atoms with van der Waals surface area (Å²) in [5, 5.41) is 27.3. The molecule has 0 spiro atoms. The van der Waals surface area contributed by atoms with Crippen LogP contribution < -0.4 is 164 Å². The Kier molecular flexibility index (Phi) is 35.0. The molecule has 2 aromatic heterocycles. The minimum Gasteiger partial charge on any atom is -1.00 e. The first-order valence-corrected chi connectivity index (χ1v) is 41.0. The molecular formula is C75H103B3Br2Cs2F3N11O18S. The van der Waals surface area contributed by atoms with Gasteiger partial charge in [0.15, 0.2) is 11.6 Å². The average molecular weight is 1990 g/mol. The van der Waals surface area contributed by atoms with Crippen molar-refractivity contribution in [1.82, 2.24) is 34.3 Å². The Balaban J connectivity index is 0.000000205. The van der Waals surface area contributed by atoms with E-state index in [4.69, 9.17) is 62.4 Å². The Bertz CT molecular complexity index is 4400. The quantitative estimate of drug-likeness (QED) is 0.0525. The number of nitrogens with one attached hydrogen (secondary N) is 3. The molecule has 12 heterocycles. The molecule has 29 nitrogen and oxygen atoms in total. The summed E-state index contributed by atoms with van der Waals surface area (Å²) in [5.74, 6) is 0.874. The van der Waals surface area contributed by atoms with E-state index in [-0.39, 0.29) is 216 Å². The van der Waals surface area contributed by atoms with Crippen LogP contribution in [0.5, 0.6) is 0 Å². The van der Waals surface area contributed by atoms with E-state index in [1.54, 1.807) is 65.8 Å². The summed E-state index contributed by atoms with van der Waals surface area (Å²) in [5.41, 5.74) is 5.62. The van der Waals surface area contributed by atoms with Gasteiger partial charge in [0, 0.05) is 123 Å². The van der Waals surface area contributed by atoms with Gasteiger partial charge in [-0.25, -0.2) is 13.2 Å². The maximum Gasteiger partial charge on any atom is 1.00 e. The third-order valence-corrected chi connectivity index (χ3v) is 23.9. The Hall–Kier alpha value is -2.67. The fraction of sp³-hybridized carbons (Fsp3) is 0.587. The number of amidine groups is 1. The molecule has 40 heteroatoms. The van der Waals surface area contributed by atoms with Gasteiger partial charge in [0.05, 0.1) is 108 Å². The monoisotopic (exact) mass is 1990 g/mol. The predicted octanol–water partition coefficient (Wildman–Crippen LogP) is 3.84. The largest absolute Gasteiger partial charge is 1.00 e. The predicted molar refractivity (Wildman–Crippen MR) is 425 cm³/mol. The molecule has 3 atom stereocenters. The zero-order valence-electron chi connectivity index (χ0n) is 69.9. The summed E-state index contributed by atoms with van der Waals surface area (Å²) >= 11 is 6.51. The van der Waals surface area contributed by atoms with Crippen molar-refractivity contribution in [3.63, 3.8) is 0 Å². The maximum atomic E-state index is 15.2. The first-order valence-electron chi connectivity index (χ1n) is 37.6. The molecule has 0 radical (unpaired) electrons. The van der Waals surface area contributed by atoms with E-state index in [9.17, 15) is 31.6 Å². The zero-order valence-corrected chi connectivity index (χ0v) is 85.4. The van der Waals surface area contributed by atoms with Gasteiger partial charge in [-0.3, -0.25) is 37.7 Å². The van der Waals surface area contributed by atoms with E-state index in [2.05, 4.69) is 61.9 Å². The van der Waals surface area contributed by atoms with Gasteiger partial charge >= 0.3 is 159 Å². The van der Waals surface area contributed by atoms with Gasteiger partial charge in [0.25, 0.3) is 16.6 Å². The zero-order chi connectivity index (χ0) is 82.5. The van der Waals surface area contributed by atoms with Crippen molar-refractivity contribution < 1.29 is 236 Å². The standard InChI is InChI=1S/C24H32BFN4O4.C18H20BrFN4O2.C15H15BrFN3O.C12H24B2O4.C5H10O4S.CH2O3.2Cs.H/c1-15(31)29-10-8-21-18(13-29)22(28-30(21)17-9-11-32-14-17)27-20-7-6-16(12-19(20)26)25-33-23(2,3)24(4,5)34-25;1-11(25)23-6-4-17-14(9-23)18(22-24(17)13-5-7-26-10-13)21-16-3-2-12(19)8-15(16)20;1-9(21)20-5-4-10-7-18-15(12(10)8-20)19-14-3-2-11(16)6-13(14)17;1-9(2)10(3,4)16-13(15-9)14-17-11(5,6)12(7,8)18-14;1-10(6,7)9-5-2-3-8-4-5;2-1-4-3;;;/h6-7,12,17H,8-11,13-14H2,1-5H3,(H,27,28);2-3,8,13H,4-7,9-10H2,1H3,(H,21,22);2-3,6H,4-5,7-8H2,1H3,(H,18,19);1-8H3;5H,2-4H2,1H3;1,3H;;;/q;;;;;;2*+1;-1/p-1. The third kappa shape index (κ3) is 24.7. The number of aromatic nitrogens is 4. The molecule has 3 amide bonds. The molecular weight excluding hydrogens is 1890 g/mol. The normalized spacial score (nSPS) is 22.1. The van der Waals surface area contributed by atoms with Crippen LogP contribution in [0.25, 0.3) is 0 Å². The summed E-state index contributed by atoms with van der Waals surface area (Å²) < 4.78 is 126. The van der Waals surface area contributed by atoms with Gasteiger partial charge in [-0.1, -0.05) is 37.9 Å². The number of nitrogens with zero attached hydrogens (tertiary/aromatic N) is 8. The number of aliphatic imine (C=N–C) groups is 1. The Morgan fingerprint density at radius 2 is 0.957 bits per heavy atom. The van der Waals surface area contributed by atoms with Crippen molar-refractivity contribution in [3.05, 3.63) is 115 Å². The van der Waals surface area contributed by atoms with Crippen LogP contribution in [0.4, 0.5) is 41.9 Å². The van der Waals surface area contributed by atoms with Crippen LogP contribution in [0.15, 0.2) is 79.7 Å². The minimum atomic E-state index is -3.29. The molecule has 6 saturated heterocycles. The molecule has 115 heavy (non-hydrogen) atoms. The molecule has 10 aliphatic rings. The number of ether oxygens (including phenoxy) is 3. The Labute approximate surface area is 808 Å². The number of anilines is 5. The van der Waals surface area contributed by atoms with Crippen LogP contribution in [0.1, 0.15) is 166 Å². The molecule has 3 N–H and O–H groups in total. The van der Waals surface area contributed by atoms with Crippen molar-refractivity contribution >= 4 is 127 Å². The summed E-state index contributed by atoms with van der Waals surface area (Å²) in [4.78, 5) is 56.4. The van der Waals surface area contributed by atoms with E-state index >= 15 is 4.39 Å². The smallest absolute Gasteiger partial charge is 1.00 e. The molecule has 618 valence electrons. The van der Waals surface area contributed by atoms with Crippen LogP contribution in [0.3, 0.4) is 0 Å². The van der Waals surface area contributed by atoms with Gasteiger partial charge in [0.1, 0.15) is 29.4 Å². The number of amides is 3. The van der Waals surface area contributed by atoms with Crippen molar-refractivity contribution in [2.75, 3.05) is 94.6 Å². The number of hydrogen-bond acceptors (Lipinski definition) is 24. The second-order valence-electron chi connectivity index (χ2n) is 32.0. The Morgan fingerprint density at radius 1 is 0.574 bits per heavy atom. The van der Waals surface area contributed by atoms with Crippen LogP contribution >= 0.6 is 31.9 Å².